The molecule has 0 aliphatic rings. The Morgan fingerprint density at radius 1 is 1.36 bits per heavy atom. The van der Waals surface area contributed by atoms with Crippen molar-refractivity contribution in [3.8, 4) is 6.19 Å². The van der Waals surface area contributed by atoms with Gasteiger partial charge in [0, 0.05) is 0 Å². The van der Waals surface area contributed by atoms with Crippen molar-refractivity contribution in [1.82, 2.24) is 4.72 Å². The second-order valence-corrected chi connectivity index (χ2v) is 3.43. The van der Waals surface area contributed by atoms with Gasteiger partial charge in [0.25, 0.3) is 0 Å². The number of nitrogens with zero attached hydrogens (tertiary/aromatic N) is 1. The fraction of sp³-hybridized carbons (Fsp3) is 0.300. The summed E-state index contributed by atoms with van der Waals surface area (Å²) in [5, 5.41) is 8.23. The summed E-state index contributed by atoms with van der Waals surface area (Å²) in [7, 11) is -1.41. The zero-order valence-corrected chi connectivity index (χ0v) is 9.39. The number of aryl methyl sites for hydroxylation is 1. The van der Waals surface area contributed by atoms with Gasteiger partial charge in [-0.1, -0.05) is 32.0 Å². The summed E-state index contributed by atoms with van der Waals surface area (Å²) in [4.78, 5) is 0.652. The van der Waals surface area contributed by atoms with Gasteiger partial charge in [-0.25, -0.2) is 8.93 Å². The van der Waals surface area contributed by atoms with Crippen molar-refractivity contribution in [3.63, 3.8) is 0 Å². The number of hydrogen-bond acceptors (Lipinski definition) is 2. The summed E-state index contributed by atoms with van der Waals surface area (Å²) in [5.74, 6) is 0. The maximum absolute atomic E-state index is 11.2. The zero-order valence-electron chi connectivity index (χ0n) is 8.57. The lowest BCUT2D eigenvalue weighted by Crippen LogP contribution is -2.10. The van der Waals surface area contributed by atoms with Crippen molar-refractivity contribution in [2.24, 2.45) is 0 Å². The van der Waals surface area contributed by atoms with Crippen LogP contribution >= 0.6 is 0 Å². The fourth-order valence-electron chi connectivity index (χ4n) is 0.861. The minimum atomic E-state index is -1.41. The second kappa shape index (κ2) is 7.10. The molecule has 76 valence electrons. The highest BCUT2D eigenvalue weighted by atomic mass is 32.2. The average Bonchev–Trinajstić information content (AvgIpc) is 2.22. The number of nitrogens with one attached hydrogen (secondary N) is 1. The van der Waals surface area contributed by atoms with Crippen molar-refractivity contribution < 1.29 is 4.21 Å². The maximum atomic E-state index is 11.2. The van der Waals surface area contributed by atoms with Crippen LogP contribution in [0.3, 0.4) is 0 Å². The van der Waals surface area contributed by atoms with Gasteiger partial charge in [0.1, 0.15) is 0 Å². The van der Waals surface area contributed by atoms with E-state index in [1.54, 1.807) is 18.3 Å². The van der Waals surface area contributed by atoms with Gasteiger partial charge in [-0.3, -0.25) is 0 Å². The van der Waals surface area contributed by atoms with Crippen LogP contribution in [0.25, 0.3) is 0 Å². The van der Waals surface area contributed by atoms with Crippen LogP contribution in [0.15, 0.2) is 29.2 Å². The van der Waals surface area contributed by atoms with E-state index in [-0.39, 0.29) is 0 Å². The lowest BCUT2D eigenvalue weighted by atomic mass is 10.2. The molecule has 0 aliphatic heterocycles. The van der Waals surface area contributed by atoms with Gasteiger partial charge in [0.2, 0.25) is 0 Å². The van der Waals surface area contributed by atoms with Crippen molar-refractivity contribution in [3.05, 3.63) is 29.8 Å². The summed E-state index contributed by atoms with van der Waals surface area (Å²) in [5.41, 5.74) is 0.915. The third-order valence-electron chi connectivity index (χ3n) is 1.43. The van der Waals surface area contributed by atoms with E-state index in [1.807, 2.05) is 32.9 Å². The first-order chi connectivity index (χ1) is 6.75. The molecule has 1 N–H and O–H groups in total. The van der Waals surface area contributed by atoms with Crippen LogP contribution in [0.2, 0.25) is 0 Å². The normalized spacial score (nSPS) is 10.4. The Kier molecular flexibility index (Phi) is 6.42. The predicted molar refractivity (Wildman–Crippen MR) is 57.7 cm³/mol. The van der Waals surface area contributed by atoms with Gasteiger partial charge in [0.15, 0.2) is 17.2 Å². The SMILES string of the molecule is CC.Cc1ccccc1S(=O)NC#N. The Balaban J connectivity index is 0.000000791. The molecule has 0 radical (unpaired) electrons. The Bertz CT molecular complexity index is 344. The molecule has 0 fully saturated rings. The molecule has 1 aromatic rings. The molecule has 0 aliphatic carbocycles. The summed E-state index contributed by atoms with van der Waals surface area (Å²) in [6, 6.07) is 7.24. The summed E-state index contributed by atoms with van der Waals surface area (Å²) in [6.45, 7) is 5.85. The first kappa shape index (κ1) is 12.7. The van der Waals surface area contributed by atoms with Crippen LogP contribution in [0.5, 0.6) is 0 Å². The molecule has 0 amide bonds. The minimum absolute atomic E-state index is 0.652. The fourth-order valence-corrected chi connectivity index (χ4v) is 1.62. The van der Waals surface area contributed by atoms with Gasteiger partial charge >= 0.3 is 0 Å². The molecule has 0 heterocycles. The molecule has 14 heavy (non-hydrogen) atoms. The van der Waals surface area contributed by atoms with Crippen LogP contribution in [-0.2, 0) is 11.0 Å². The van der Waals surface area contributed by atoms with E-state index in [1.165, 1.54) is 0 Å². The third kappa shape index (κ3) is 3.58. The Morgan fingerprint density at radius 3 is 2.43 bits per heavy atom. The van der Waals surface area contributed by atoms with E-state index in [4.69, 9.17) is 5.26 Å². The quantitative estimate of drug-likeness (QED) is 0.600. The van der Waals surface area contributed by atoms with Crippen molar-refractivity contribution >= 4 is 11.0 Å². The van der Waals surface area contributed by atoms with Crippen LogP contribution in [0.4, 0.5) is 0 Å². The number of benzene rings is 1. The van der Waals surface area contributed by atoms with Crippen LogP contribution in [0.1, 0.15) is 19.4 Å². The molecule has 0 saturated carbocycles. The van der Waals surface area contributed by atoms with E-state index in [0.29, 0.717) is 4.90 Å². The topological polar surface area (TPSA) is 52.9 Å². The van der Waals surface area contributed by atoms with Crippen molar-refractivity contribution in [1.29, 1.82) is 5.26 Å². The van der Waals surface area contributed by atoms with Crippen LogP contribution in [-0.4, -0.2) is 4.21 Å². The van der Waals surface area contributed by atoms with Gasteiger partial charge in [0.05, 0.1) is 4.90 Å². The van der Waals surface area contributed by atoms with Crippen LogP contribution in [0, 0.1) is 18.4 Å². The molecule has 1 rings (SSSR count). The van der Waals surface area contributed by atoms with Gasteiger partial charge in [-0.05, 0) is 18.6 Å². The highest BCUT2D eigenvalue weighted by Gasteiger charge is 2.03. The molecule has 1 unspecified atom stereocenters. The molecule has 0 spiro atoms. The molecule has 4 heteroatoms. The van der Waals surface area contributed by atoms with Crippen molar-refractivity contribution in [2.75, 3.05) is 0 Å². The molecule has 1 aromatic carbocycles. The molecule has 1 atom stereocenters. The monoisotopic (exact) mass is 210 g/mol. The number of rotatable bonds is 2. The largest absolute Gasteiger partial charge is 0.237 e. The molecular weight excluding hydrogens is 196 g/mol. The smallest absolute Gasteiger partial charge is 0.189 e. The van der Waals surface area contributed by atoms with Gasteiger partial charge < -0.3 is 0 Å². The van der Waals surface area contributed by atoms with E-state index >= 15 is 0 Å². The molecular formula is C10H14N2OS. The molecule has 0 bridgehead atoms. The highest BCUT2D eigenvalue weighted by Crippen LogP contribution is 2.09. The molecule has 0 saturated heterocycles. The lowest BCUT2D eigenvalue weighted by Gasteiger charge is -2.01. The Labute approximate surface area is 87.3 Å². The first-order valence-corrected chi connectivity index (χ1v) is 5.53. The standard InChI is InChI=1S/C8H8N2OS.C2H6/c1-7-4-2-3-5-8(7)12(11)10-6-9;1-2/h2-5,10H,1H3;1-2H3. The van der Waals surface area contributed by atoms with Gasteiger partial charge in [-0.2, -0.15) is 5.26 Å². The Morgan fingerprint density at radius 2 is 1.93 bits per heavy atom. The van der Waals surface area contributed by atoms with Crippen LogP contribution < -0.4 is 4.72 Å². The molecule has 0 aromatic heterocycles. The summed E-state index contributed by atoms with van der Waals surface area (Å²) >= 11 is 0. The molecule has 3 nitrogen and oxygen atoms in total. The zero-order chi connectivity index (χ0) is 11.0. The van der Waals surface area contributed by atoms with E-state index in [0.717, 1.165) is 5.56 Å². The van der Waals surface area contributed by atoms with E-state index < -0.39 is 11.0 Å². The van der Waals surface area contributed by atoms with E-state index in [2.05, 4.69) is 4.72 Å². The maximum Gasteiger partial charge on any atom is 0.189 e. The summed E-state index contributed by atoms with van der Waals surface area (Å²) in [6.07, 6.45) is 1.64. The summed E-state index contributed by atoms with van der Waals surface area (Å²) < 4.78 is 13.4. The van der Waals surface area contributed by atoms with E-state index in [9.17, 15) is 4.21 Å². The Hall–Kier alpha value is -1.34. The second-order valence-electron chi connectivity index (χ2n) is 2.25. The van der Waals surface area contributed by atoms with Crippen molar-refractivity contribution in [2.45, 2.75) is 25.7 Å². The lowest BCUT2D eigenvalue weighted by molar-refractivity contribution is 0.679. The highest BCUT2D eigenvalue weighted by molar-refractivity contribution is 7.83. The van der Waals surface area contributed by atoms with Gasteiger partial charge in [-0.15, -0.1) is 0 Å². The number of hydrogen-bond donors (Lipinski definition) is 1. The average molecular weight is 210 g/mol. The third-order valence-corrected chi connectivity index (χ3v) is 2.57. The first-order valence-electron chi connectivity index (χ1n) is 4.38. The number of nitriles is 1. The minimum Gasteiger partial charge on any atom is -0.237 e. The predicted octanol–water partition coefficient (Wildman–Crippen LogP) is 2.11.